The number of aliphatic hydroxyl groups is 1. The van der Waals surface area contributed by atoms with Gasteiger partial charge in [0.25, 0.3) is 5.91 Å². The number of nitrogens with zero attached hydrogens (tertiary/aromatic N) is 1. The molecule has 0 bridgehead atoms. The molecule has 0 aliphatic carbocycles. The molecule has 1 aliphatic heterocycles. The summed E-state index contributed by atoms with van der Waals surface area (Å²) in [4.78, 5) is 27.0. The summed E-state index contributed by atoms with van der Waals surface area (Å²) >= 11 is 3.35. The molecule has 0 saturated heterocycles. The van der Waals surface area contributed by atoms with Crippen molar-refractivity contribution in [3.63, 3.8) is 0 Å². The molecule has 1 atom stereocenters. The molecule has 1 N–H and O–H groups in total. The van der Waals surface area contributed by atoms with Gasteiger partial charge in [0.05, 0.1) is 31.9 Å². The summed E-state index contributed by atoms with van der Waals surface area (Å²) in [5.74, 6) is -0.120. The lowest BCUT2D eigenvalue weighted by Crippen LogP contribution is -2.40. The van der Waals surface area contributed by atoms with E-state index in [1.807, 2.05) is 0 Å². The van der Waals surface area contributed by atoms with Gasteiger partial charge in [0.2, 0.25) is 0 Å². The maximum Gasteiger partial charge on any atom is 0.263 e. The average molecular weight is 420 g/mol. The van der Waals surface area contributed by atoms with Crippen LogP contribution in [0.5, 0.6) is 11.5 Å². The van der Waals surface area contributed by atoms with Gasteiger partial charge in [-0.3, -0.25) is 9.59 Å². The van der Waals surface area contributed by atoms with Crippen LogP contribution in [0.3, 0.4) is 0 Å². The Morgan fingerprint density at radius 3 is 2.58 bits per heavy atom. The van der Waals surface area contributed by atoms with Crippen LogP contribution in [0, 0.1) is 0 Å². The summed E-state index contributed by atoms with van der Waals surface area (Å²) in [6.07, 6.45) is -0.400. The van der Waals surface area contributed by atoms with Crippen LogP contribution < -0.4 is 14.4 Å². The monoisotopic (exact) mass is 419 g/mol. The molecule has 7 heteroatoms. The highest BCUT2D eigenvalue weighted by Gasteiger charge is 2.50. The van der Waals surface area contributed by atoms with Crippen molar-refractivity contribution >= 4 is 33.3 Å². The van der Waals surface area contributed by atoms with E-state index in [1.54, 1.807) is 37.4 Å². The molecule has 0 spiro atoms. The lowest BCUT2D eigenvalue weighted by atomic mass is 9.88. The molecule has 1 aliphatic rings. The zero-order valence-electron chi connectivity index (χ0n) is 14.6. The second kappa shape index (κ2) is 6.74. The topological polar surface area (TPSA) is 76.1 Å². The van der Waals surface area contributed by atoms with Gasteiger partial charge in [-0.25, -0.2) is 0 Å². The number of benzene rings is 2. The SMILES string of the molecule is COc1ccc(OC)c(C(=O)C[C@@]2(O)C(=O)N(C)c3ccc(Br)cc32)c1. The van der Waals surface area contributed by atoms with E-state index in [4.69, 9.17) is 9.47 Å². The van der Waals surface area contributed by atoms with Gasteiger partial charge in [0, 0.05) is 17.1 Å². The summed E-state index contributed by atoms with van der Waals surface area (Å²) in [5, 5.41) is 11.1. The van der Waals surface area contributed by atoms with Crippen LogP contribution in [0.25, 0.3) is 0 Å². The molecule has 0 aromatic heterocycles. The first-order valence-corrected chi connectivity index (χ1v) is 8.67. The fraction of sp³-hybridized carbons (Fsp3) is 0.263. The first kappa shape index (κ1) is 18.4. The fourth-order valence-electron chi connectivity index (χ4n) is 3.16. The summed E-state index contributed by atoms with van der Waals surface area (Å²) in [6.45, 7) is 0. The molecule has 2 aromatic carbocycles. The molecule has 1 heterocycles. The normalized spacial score (nSPS) is 18.7. The van der Waals surface area contributed by atoms with E-state index in [2.05, 4.69) is 15.9 Å². The number of carbonyl (C=O) groups excluding carboxylic acids is 2. The average Bonchev–Trinajstić information content (AvgIpc) is 2.82. The fourth-order valence-corrected chi connectivity index (χ4v) is 3.53. The van der Waals surface area contributed by atoms with Gasteiger partial charge >= 0.3 is 0 Å². The lowest BCUT2D eigenvalue weighted by molar-refractivity contribution is -0.135. The number of anilines is 1. The van der Waals surface area contributed by atoms with Gasteiger partial charge in [0.1, 0.15) is 11.5 Å². The van der Waals surface area contributed by atoms with E-state index >= 15 is 0 Å². The smallest absolute Gasteiger partial charge is 0.263 e. The maximum absolute atomic E-state index is 12.9. The molecule has 1 amide bonds. The second-order valence-electron chi connectivity index (χ2n) is 6.05. The number of Topliss-reactive ketones (excluding diaryl/α,β-unsaturated/α-hetero) is 1. The van der Waals surface area contributed by atoms with E-state index in [9.17, 15) is 14.7 Å². The van der Waals surface area contributed by atoms with Gasteiger partial charge in [-0.15, -0.1) is 0 Å². The zero-order valence-corrected chi connectivity index (χ0v) is 16.2. The molecule has 136 valence electrons. The third-order valence-corrected chi connectivity index (χ3v) is 5.04. The van der Waals surface area contributed by atoms with Gasteiger partial charge in [-0.1, -0.05) is 15.9 Å². The predicted octanol–water partition coefficient (Wildman–Crippen LogP) is 2.90. The molecule has 0 radical (unpaired) electrons. The lowest BCUT2D eigenvalue weighted by Gasteiger charge is -2.22. The Kier molecular flexibility index (Phi) is 4.77. The molecule has 2 aromatic rings. The van der Waals surface area contributed by atoms with Crippen molar-refractivity contribution in [1.82, 2.24) is 0 Å². The van der Waals surface area contributed by atoms with Crippen molar-refractivity contribution in [3.05, 3.63) is 52.0 Å². The van der Waals surface area contributed by atoms with Crippen molar-refractivity contribution < 1.29 is 24.2 Å². The Bertz CT molecular complexity index is 897. The highest BCUT2D eigenvalue weighted by Crippen LogP contribution is 2.43. The van der Waals surface area contributed by atoms with Crippen molar-refractivity contribution in [2.24, 2.45) is 0 Å². The standard InChI is InChI=1S/C19H18BrNO5/c1-21-15-6-4-11(20)8-14(15)19(24,18(21)23)10-16(22)13-9-12(25-2)5-7-17(13)26-3/h4-9,24H,10H2,1-3H3/t19-/m0/s1. The van der Waals surface area contributed by atoms with E-state index in [0.717, 1.165) is 0 Å². The van der Waals surface area contributed by atoms with Crippen LogP contribution in [-0.4, -0.2) is 38.1 Å². The highest BCUT2D eigenvalue weighted by molar-refractivity contribution is 9.10. The van der Waals surface area contributed by atoms with Gasteiger partial charge in [0.15, 0.2) is 11.4 Å². The molecule has 0 fully saturated rings. The quantitative estimate of drug-likeness (QED) is 0.753. The predicted molar refractivity (Wildman–Crippen MR) is 99.9 cm³/mol. The molecular formula is C19H18BrNO5. The van der Waals surface area contributed by atoms with Crippen LogP contribution >= 0.6 is 15.9 Å². The van der Waals surface area contributed by atoms with E-state index in [0.29, 0.717) is 27.2 Å². The third kappa shape index (κ3) is 2.87. The Hall–Kier alpha value is -2.38. The summed E-state index contributed by atoms with van der Waals surface area (Å²) in [7, 11) is 4.52. The number of methoxy groups -OCH3 is 2. The number of fused-ring (bicyclic) bond motifs is 1. The minimum Gasteiger partial charge on any atom is -0.497 e. The molecule has 6 nitrogen and oxygen atoms in total. The second-order valence-corrected chi connectivity index (χ2v) is 6.97. The molecular weight excluding hydrogens is 402 g/mol. The highest BCUT2D eigenvalue weighted by atomic mass is 79.9. The van der Waals surface area contributed by atoms with Gasteiger partial charge in [-0.2, -0.15) is 0 Å². The number of ketones is 1. The first-order chi connectivity index (χ1) is 12.3. The van der Waals surface area contributed by atoms with E-state index in [1.165, 1.54) is 25.2 Å². The van der Waals surface area contributed by atoms with Crippen molar-refractivity contribution in [2.75, 3.05) is 26.2 Å². The summed E-state index contributed by atoms with van der Waals surface area (Å²) < 4.78 is 11.1. The van der Waals surface area contributed by atoms with Crippen LogP contribution in [0.15, 0.2) is 40.9 Å². The Balaban J connectivity index is 2.02. The number of likely N-dealkylation sites (N-methyl/N-ethyl adjacent to an activating group) is 1. The van der Waals surface area contributed by atoms with Crippen molar-refractivity contribution in [3.8, 4) is 11.5 Å². The Morgan fingerprint density at radius 1 is 1.19 bits per heavy atom. The molecule has 26 heavy (non-hydrogen) atoms. The van der Waals surface area contributed by atoms with Crippen molar-refractivity contribution in [1.29, 1.82) is 0 Å². The van der Waals surface area contributed by atoms with Gasteiger partial charge in [-0.05, 0) is 36.4 Å². The number of halogens is 1. The minimum absolute atomic E-state index is 0.249. The summed E-state index contributed by atoms with van der Waals surface area (Å²) in [5.41, 5.74) is -0.709. The molecule has 3 rings (SSSR count). The van der Waals surface area contributed by atoms with Crippen molar-refractivity contribution in [2.45, 2.75) is 12.0 Å². The number of carbonyl (C=O) groups is 2. The zero-order chi connectivity index (χ0) is 19.1. The van der Waals surface area contributed by atoms with Crippen LogP contribution in [0.1, 0.15) is 22.3 Å². The minimum atomic E-state index is -1.93. The molecule has 0 saturated carbocycles. The third-order valence-electron chi connectivity index (χ3n) is 4.55. The van der Waals surface area contributed by atoms with E-state index < -0.39 is 23.7 Å². The van der Waals surface area contributed by atoms with Crippen LogP contribution in [0.4, 0.5) is 5.69 Å². The van der Waals surface area contributed by atoms with Gasteiger partial charge < -0.3 is 19.5 Å². The Morgan fingerprint density at radius 2 is 1.92 bits per heavy atom. The largest absolute Gasteiger partial charge is 0.497 e. The molecule has 0 unspecified atom stereocenters. The Labute approximate surface area is 159 Å². The van der Waals surface area contributed by atoms with Crippen LogP contribution in [0.2, 0.25) is 0 Å². The number of ether oxygens (including phenoxy) is 2. The number of hydrogen-bond acceptors (Lipinski definition) is 5. The number of hydrogen-bond donors (Lipinski definition) is 1. The van der Waals surface area contributed by atoms with E-state index in [-0.39, 0.29) is 5.56 Å². The van der Waals surface area contributed by atoms with Crippen LogP contribution in [-0.2, 0) is 10.4 Å². The first-order valence-electron chi connectivity index (χ1n) is 7.87. The summed E-state index contributed by atoms with van der Waals surface area (Å²) in [6, 6.07) is 9.99. The number of amides is 1. The number of rotatable bonds is 5. The maximum atomic E-state index is 12.9.